The van der Waals surface area contributed by atoms with Crippen LogP contribution in [0.15, 0.2) is 12.3 Å². The number of rotatable bonds is 8. The largest absolute Gasteiger partial charge is 0.489 e. The molecule has 0 unspecified atom stereocenters. The first-order valence-corrected chi connectivity index (χ1v) is 9.37. The lowest BCUT2D eigenvalue weighted by Crippen LogP contribution is -2.27. The van der Waals surface area contributed by atoms with Gasteiger partial charge in [0, 0.05) is 31.4 Å². The molecule has 0 atom stereocenters. The second-order valence-electron chi connectivity index (χ2n) is 6.99. The van der Waals surface area contributed by atoms with E-state index in [0.29, 0.717) is 28.9 Å². The van der Waals surface area contributed by atoms with Gasteiger partial charge < -0.3 is 10.1 Å². The minimum Gasteiger partial charge on any atom is -0.489 e. The lowest BCUT2D eigenvalue weighted by Gasteiger charge is -2.21. The summed E-state index contributed by atoms with van der Waals surface area (Å²) in [7, 11) is 3.79. The quantitative estimate of drug-likeness (QED) is 0.663. The predicted octanol–water partition coefficient (Wildman–Crippen LogP) is 4.50. The Bertz CT molecular complexity index is 805. The number of benzene rings is 1. The van der Waals surface area contributed by atoms with Crippen LogP contribution in [-0.2, 0) is 12.7 Å². The van der Waals surface area contributed by atoms with Crippen molar-refractivity contribution in [1.29, 1.82) is 0 Å². The summed E-state index contributed by atoms with van der Waals surface area (Å²) in [6.07, 6.45) is -3.43. The van der Waals surface area contributed by atoms with Gasteiger partial charge in [-0.2, -0.15) is 18.3 Å². The van der Waals surface area contributed by atoms with Crippen molar-refractivity contribution in [3.8, 4) is 16.9 Å². The van der Waals surface area contributed by atoms with E-state index in [1.165, 1.54) is 0 Å². The molecular formula is C19H26ClF3N4O. The second kappa shape index (κ2) is 9.15. The first-order chi connectivity index (χ1) is 13.1. The molecule has 9 heteroatoms. The van der Waals surface area contributed by atoms with Crippen LogP contribution in [0.25, 0.3) is 11.1 Å². The van der Waals surface area contributed by atoms with Crippen molar-refractivity contribution in [3.05, 3.63) is 34.1 Å². The van der Waals surface area contributed by atoms with E-state index in [-0.39, 0.29) is 10.8 Å². The lowest BCUT2D eigenvalue weighted by molar-refractivity contribution is -0.139. The second-order valence-corrected chi connectivity index (χ2v) is 7.37. The van der Waals surface area contributed by atoms with E-state index in [1.807, 2.05) is 19.0 Å². The molecule has 1 aromatic heterocycles. The van der Waals surface area contributed by atoms with Gasteiger partial charge in [-0.1, -0.05) is 11.6 Å². The molecule has 0 fully saturated rings. The van der Waals surface area contributed by atoms with Crippen LogP contribution in [-0.4, -0.2) is 48.4 Å². The highest BCUT2D eigenvalue weighted by Crippen LogP contribution is 2.46. The predicted molar refractivity (Wildman–Crippen MR) is 105 cm³/mol. The van der Waals surface area contributed by atoms with E-state index >= 15 is 0 Å². The molecule has 156 valence electrons. The molecule has 0 aliphatic rings. The third-order valence-corrected chi connectivity index (χ3v) is 4.75. The molecule has 2 rings (SSSR count). The number of nitrogens with one attached hydrogen (secondary N) is 2. The number of ether oxygens (including phenoxy) is 1. The van der Waals surface area contributed by atoms with E-state index in [9.17, 15) is 13.2 Å². The fourth-order valence-electron chi connectivity index (χ4n) is 2.88. The molecule has 0 amide bonds. The summed E-state index contributed by atoms with van der Waals surface area (Å²) in [4.78, 5) is 2.04. The number of halogens is 4. The first kappa shape index (κ1) is 22.5. The van der Waals surface area contributed by atoms with Crippen LogP contribution in [0.3, 0.4) is 0 Å². The zero-order chi connectivity index (χ0) is 21.1. The minimum absolute atomic E-state index is 0.0331. The molecule has 0 radical (unpaired) electrons. The van der Waals surface area contributed by atoms with Crippen LogP contribution in [0.1, 0.15) is 30.7 Å². The summed E-state index contributed by atoms with van der Waals surface area (Å²) >= 11 is 6.32. The van der Waals surface area contributed by atoms with Gasteiger partial charge >= 0.3 is 6.18 Å². The highest BCUT2D eigenvalue weighted by Gasteiger charge is 2.37. The van der Waals surface area contributed by atoms with Gasteiger partial charge in [-0.05, 0) is 52.1 Å². The zero-order valence-corrected chi connectivity index (χ0v) is 17.4. The number of aromatic amines is 1. The van der Waals surface area contributed by atoms with Crippen LogP contribution in [0, 0.1) is 6.92 Å². The Morgan fingerprint density at radius 2 is 2.00 bits per heavy atom. The fourth-order valence-corrected chi connectivity index (χ4v) is 3.12. The Labute approximate surface area is 168 Å². The van der Waals surface area contributed by atoms with E-state index in [0.717, 1.165) is 19.2 Å². The molecule has 28 heavy (non-hydrogen) atoms. The molecule has 0 saturated heterocycles. The number of H-pyrrole nitrogens is 1. The molecule has 2 aromatic rings. The summed E-state index contributed by atoms with van der Waals surface area (Å²) in [6.45, 7) is 7.07. The number of alkyl halides is 3. The zero-order valence-electron chi connectivity index (χ0n) is 16.7. The van der Waals surface area contributed by atoms with Gasteiger partial charge in [-0.15, -0.1) is 0 Å². The number of hydrogen-bond donors (Lipinski definition) is 2. The Hall–Kier alpha value is -1.77. The van der Waals surface area contributed by atoms with Crippen molar-refractivity contribution in [3.63, 3.8) is 0 Å². The molecular weight excluding hydrogens is 393 g/mol. The number of aromatic nitrogens is 2. The lowest BCUT2D eigenvalue weighted by atomic mass is 9.97. The smallest absolute Gasteiger partial charge is 0.420 e. The standard InChI is InChI=1S/C19H26ClF3N4O/c1-11(2)28-18-15(19(21,22)23)8-13(12(3)17(18)20)14-9-25-26-16(14)10-27(5)7-6-24-4/h8-9,11,24H,6-7,10H2,1-5H3,(H,25,26). The Morgan fingerprint density at radius 3 is 2.57 bits per heavy atom. The average Bonchev–Trinajstić information content (AvgIpc) is 3.03. The van der Waals surface area contributed by atoms with Crippen molar-refractivity contribution in [2.45, 2.75) is 39.6 Å². The highest BCUT2D eigenvalue weighted by atomic mass is 35.5. The van der Waals surface area contributed by atoms with Crippen molar-refractivity contribution < 1.29 is 17.9 Å². The van der Waals surface area contributed by atoms with Gasteiger partial charge in [-0.3, -0.25) is 10.00 Å². The van der Waals surface area contributed by atoms with Crippen LogP contribution in [0.5, 0.6) is 5.75 Å². The van der Waals surface area contributed by atoms with E-state index in [2.05, 4.69) is 15.5 Å². The van der Waals surface area contributed by atoms with E-state index in [1.54, 1.807) is 27.0 Å². The molecule has 0 aliphatic heterocycles. The number of nitrogens with zero attached hydrogens (tertiary/aromatic N) is 2. The van der Waals surface area contributed by atoms with Gasteiger partial charge in [0.2, 0.25) is 0 Å². The normalized spacial score (nSPS) is 12.2. The Morgan fingerprint density at radius 1 is 1.32 bits per heavy atom. The number of hydrogen-bond acceptors (Lipinski definition) is 4. The maximum Gasteiger partial charge on any atom is 0.420 e. The van der Waals surface area contributed by atoms with Crippen molar-refractivity contribution in [2.75, 3.05) is 27.2 Å². The summed E-state index contributed by atoms with van der Waals surface area (Å²) in [5, 5.41) is 10.0. The van der Waals surface area contributed by atoms with Crippen LogP contribution >= 0.6 is 11.6 Å². The van der Waals surface area contributed by atoms with Crippen LogP contribution < -0.4 is 10.1 Å². The third kappa shape index (κ3) is 5.18. The van der Waals surface area contributed by atoms with Crippen LogP contribution in [0.4, 0.5) is 13.2 Å². The molecule has 5 nitrogen and oxygen atoms in total. The van der Waals surface area contributed by atoms with Gasteiger partial charge in [0.25, 0.3) is 0 Å². The SMILES string of the molecule is CNCCN(C)Cc1n[nH]cc1-c1cc(C(F)(F)F)c(OC(C)C)c(Cl)c1C. The highest BCUT2D eigenvalue weighted by molar-refractivity contribution is 6.33. The topological polar surface area (TPSA) is 53.2 Å². The van der Waals surface area contributed by atoms with Gasteiger partial charge in [-0.25, -0.2) is 0 Å². The number of likely N-dealkylation sites (N-methyl/N-ethyl adjacent to an activating group) is 2. The molecule has 2 N–H and O–H groups in total. The first-order valence-electron chi connectivity index (χ1n) is 8.99. The van der Waals surface area contributed by atoms with Crippen molar-refractivity contribution in [1.82, 2.24) is 20.4 Å². The Kier molecular flexibility index (Phi) is 7.36. The molecule has 0 saturated carbocycles. The maximum absolute atomic E-state index is 13.7. The van der Waals surface area contributed by atoms with Crippen molar-refractivity contribution in [2.24, 2.45) is 0 Å². The van der Waals surface area contributed by atoms with Gasteiger partial charge in [0.1, 0.15) is 0 Å². The molecule has 0 aliphatic carbocycles. The van der Waals surface area contributed by atoms with Crippen molar-refractivity contribution >= 4 is 11.6 Å². The summed E-state index contributed by atoms with van der Waals surface area (Å²) < 4.78 is 46.5. The molecule has 0 spiro atoms. The molecule has 0 bridgehead atoms. The fraction of sp³-hybridized carbons (Fsp3) is 0.526. The van der Waals surface area contributed by atoms with Crippen LogP contribution in [0.2, 0.25) is 5.02 Å². The summed E-state index contributed by atoms with van der Waals surface area (Å²) in [5.74, 6) is -0.332. The van der Waals surface area contributed by atoms with E-state index in [4.69, 9.17) is 16.3 Å². The Balaban J connectivity index is 2.53. The summed E-state index contributed by atoms with van der Waals surface area (Å²) in [5.41, 5.74) is 1.27. The van der Waals surface area contributed by atoms with Gasteiger partial charge in [0.15, 0.2) is 5.75 Å². The van der Waals surface area contributed by atoms with E-state index < -0.39 is 17.8 Å². The van der Waals surface area contributed by atoms with Gasteiger partial charge in [0.05, 0.1) is 22.4 Å². The molecule has 1 aromatic carbocycles. The monoisotopic (exact) mass is 418 g/mol. The third-order valence-electron chi connectivity index (χ3n) is 4.30. The maximum atomic E-state index is 13.7. The molecule has 1 heterocycles. The minimum atomic E-state index is -4.59. The average molecular weight is 419 g/mol. The summed E-state index contributed by atoms with van der Waals surface area (Å²) in [6, 6.07) is 1.10.